The standard InChI is InChI=1S/C21H18FN3O4S/c1-14(2)28-19-5-3-4-6-20(19)29-18-9-8-17(11-15(18)12-23)30(26,27)25-21-10-7-16(22)13-24-21/h3-11,13-14H,1-2H3,(H,24,25). The van der Waals surface area contributed by atoms with Gasteiger partial charge in [-0.05, 0) is 56.3 Å². The van der Waals surface area contributed by atoms with E-state index < -0.39 is 15.8 Å². The fraction of sp³-hybridized carbons (Fsp3) is 0.143. The Morgan fingerprint density at radius 1 is 1.07 bits per heavy atom. The van der Waals surface area contributed by atoms with E-state index in [0.717, 1.165) is 12.3 Å². The van der Waals surface area contributed by atoms with E-state index in [-0.39, 0.29) is 28.1 Å². The molecule has 0 aliphatic rings. The first-order chi connectivity index (χ1) is 14.3. The van der Waals surface area contributed by atoms with Crippen LogP contribution in [-0.2, 0) is 10.0 Å². The molecule has 2 aromatic carbocycles. The van der Waals surface area contributed by atoms with Crippen molar-refractivity contribution in [1.82, 2.24) is 4.98 Å². The molecule has 0 saturated carbocycles. The van der Waals surface area contributed by atoms with Crippen molar-refractivity contribution in [2.45, 2.75) is 24.8 Å². The number of nitriles is 1. The van der Waals surface area contributed by atoms with E-state index in [1.807, 2.05) is 19.9 Å². The molecule has 1 N–H and O–H groups in total. The molecule has 7 nitrogen and oxygen atoms in total. The van der Waals surface area contributed by atoms with Crippen LogP contribution in [-0.4, -0.2) is 19.5 Å². The molecule has 0 aliphatic carbocycles. The van der Waals surface area contributed by atoms with Gasteiger partial charge in [0.25, 0.3) is 10.0 Å². The second kappa shape index (κ2) is 8.80. The Kier molecular flexibility index (Phi) is 6.18. The molecule has 1 heterocycles. The number of rotatable bonds is 7. The topological polar surface area (TPSA) is 101 Å². The zero-order valence-electron chi connectivity index (χ0n) is 16.2. The monoisotopic (exact) mass is 427 g/mol. The van der Waals surface area contributed by atoms with Crippen LogP contribution in [0.1, 0.15) is 19.4 Å². The van der Waals surface area contributed by atoms with Gasteiger partial charge in [-0.2, -0.15) is 5.26 Å². The van der Waals surface area contributed by atoms with Crippen LogP contribution in [0.25, 0.3) is 0 Å². The maximum Gasteiger partial charge on any atom is 0.263 e. The van der Waals surface area contributed by atoms with Crippen molar-refractivity contribution in [1.29, 1.82) is 5.26 Å². The van der Waals surface area contributed by atoms with E-state index in [9.17, 15) is 18.1 Å². The fourth-order valence-corrected chi connectivity index (χ4v) is 3.52. The Morgan fingerprint density at radius 3 is 2.43 bits per heavy atom. The normalized spacial score (nSPS) is 11.0. The van der Waals surface area contributed by atoms with Gasteiger partial charge in [-0.25, -0.2) is 17.8 Å². The van der Waals surface area contributed by atoms with E-state index in [1.165, 1.54) is 24.3 Å². The minimum Gasteiger partial charge on any atom is -0.487 e. The van der Waals surface area contributed by atoms with Gasteiger partial charge in [0.05, 0.1) is 22.8 Å². The van der Waals surface area contributed by atoms with Crippen LogP contribution >= 0.6 is 0 Å². The highest BCUT2D eigenvalue weighted by Crippen LogP contribution is 2.34. The lowest BCUT2D eigenvalue weighted by Gasteiger charge is -2.15. The largest absolute Gasteiger partial charge is 0.487 e. The minimum absolute atomic E-state index is 0.0179. The molecule has 1 aromatic heterocycles. The van der Waals surface area contributed by atoms with E-state index in [4.69, 9.17) is 9.47 Å². The Labute approximate surface area is 173 Å². The first-order valence-corrected chi connectivity index (χ1v) is 10.4. The van der Waals surface area contributed by atoms with Crippen molar-refractivity contribution < 1.29 is 22.3 Å². The summed E-state index contributed by atoms with van der Waals surface area (Å²) in [5.41, 5.74) is 0.0179. The predicted molar refractivity (Wildman–Crippen MR) is 108 cm³/mol. The minimum atomic E-state index is -4.04. The molecule has 30 heavy (non-hydrogen) atoms. The summed E-state index contributed by atoms with van der Waals surface area (Å²) in [7, 11) is -4.04. The van der Waals surface area contributed by atoms with E-state index >= 15 is 0 Å². The van der Waals surface area contributed by atoms with Gasteiger partial charge in [0, 0.05) is 0 Å². The fourth-order valence-electron chi connectivity index (χ4n) is 2.49. The van der Waals surface area contributed by atoms with Crippen LogP contribution in [0.2, 0.25) is 0 Å². The van der Waals surface area contributed by atoms with Crippen LogP contribution in [0.15, 0.2) is 65.7 Å². The molecular weight excluding hydrogens is 409 g/mol. The molecular formula is C21H18FN3O4S. The second-order valence-corrected chi connectivity index (χ2v) is 8.13. The Bertz CT molecular complexity index is 1190. The van der Waals surface area contributed by atoms with Crippen LogP contribution in [0, 0.1) is 17.1 Å². The van der Waals surface area contributed by atoms with Crippen molar-refractivity contribution in [3.8, 4) is 23.3 Å². The van der Waals surface area contributed by atoms with Gasteiger partial charge >= 0.3 is 0 Å². The van der Waals surface area contributed by atoms with E-state index in [2.05, 4.69) is 9.71 Å². The predicted octanol–water partition coefficient (Wildman–Crippen LogP) is 4.47. The Morgan fingerprint density at radius 2 is 1.80 bits per heavy atom. The average Bonchev–Trinajstić information content (AvgIpc) is 2.71. The van der Waals surface area contributed by atoms with E-state index in [0.29, 0.717) is 11.5 Å². The van der Waals surface area contributed by atoms with Crippen molar-refractivity contribution in [2.24, 2.45) is 0 Å². The van der Waals surface area contributed by atoms with Crippen LogP contribution < -0.4 is 14.2 Å². The van der Waals surface area contributed by atoms with Crippen LogP contribution in [0.4, 0.5) is 10.2 Å². The highest BCUT2D eigenvalue weighted by molar-refractivity contribution is 7.92. The summed E-state index contributed by atoms with van der Waals surface area (Å²) in [5, 5.41) is 9.49. The van der Waals surface area contributed by atoms with Crippen molar-refractivity contribution in [3.05, 3.63) is 72.2 Å². The molecule has 0 saturated heterocycles. The lowest BCUT2D eigenvalue weighted by Crippen LogP contribution is -2.14. The van der Waals surface area contributed by atoms with Gasteiger partial charge in [0.2, 0.25) is 0 Å². The molecule has 0 amide bonds. The number of hydrogen-bond donors (Lipinski definition) is 1. The number of hydrogen-bond acceptors (Lipinski definition) is 6. The molecule has 3 aromatic rings. The number of aromatic nitrogens is 1. The molecule has 0 unspecified atom stereocenters. The first kappa shape index (κ1) is 21.1. The third-order valence-corrected chi connectivity index (χ3v) is 5.13. The highest BCUT2D eigenvalue weighted by Gasteiger charge is 2.18. The molecule has 0 atom stereocenters. The zero-order chi connectivity index (χ0) is 21.7. The summed E-state index contributed by atoms with van der Waals surface area (Å²) < 4.78 is 51.9. The first-order valence-electron chi connectivity index (χ1n) is 8.90. The Balaban J connectivity index is 1.89. The highest BCUT2D eigenvalue weighted by atomic mass is 32.2. The summed E-state index contributed by atoms with van der Waals surface area (Å²) in [4.78, 5) is 3.51. The van der Waals surface area contributed by atoms with Gasteiger partial charge in [0.15, 0.2) is 11.5 Å². The number of para-hydroxylation sites is 2. The van der Waals surface area contributed by atoms with Crippen LogP contribution in [0.5, 0.6) is 17.2 Å². The number of pyridine rings is 1. The van der Waals surface area contributed by atoms with Crippen molar-refractivity contribution in [3.63, 3.8) is 0 Å². The van der Waals surface area contributed by atoms with Crippen LogP contribution in [0.3, 0.4) is 0 Å². The molecule has 0 bridgehead atoms. The molecule has 0 aliphatic heterocycles. The number of nitrogens with zero attached hydrogens (tertiary/aromatic N) is 2. The van der Waals surface area contributed by atoms with Crippen molar-refractivity contribution in [2.75, 3.05) is 4.72 Å². The van der Waals surface area contributed by atoms with Crippen molar-refractivity contribution >= 4 is 15.8 Å². The third kappa shape index (κ3) is 5.04. The lowest BCUT2D eigenvalue weighted by molar-refractivity contribution is 0.233. The molecule has 0 fully saturated rings. The zero-order valence-corrected chi connectivity index (χ0v) is 17.0. The van der Waals surface area contributed by atoms with Gasteiger partial charge in [-0.1, -0.05) is 12.1 Å². The maximum absolute atomic E-state index is 13.0. The molecule has 0 radical (unpaired) electrons. The summed E-state index contributed by atoms with van der Waals surface area (Å²) >= 11 is 0. The number of benzene rings is 2. The summed E-state index contributed by atoms with van der Waals surface area (Å²) in [6, 6.07) is 15.1. The molecule has 3 rings (SSSR count). The molecule has 0 spiro atoms. The van der Waals surface area contributed by atoms with Gasteiger partial charge in [-0.3, -0.25) is 4.72 Å². The maximum atomic E-state index is 13.0. The lowest BCUT2D eigenvalue weighted by atomic mass is 10.2. The average molecular weight is 427 g/mol. The summed E-state index contributed by atoms with van der Waals surface area (Å²) in [5.74, 6) is 0.434. The number of sulfonamides is 1. The summed E-state index contributed by atoms with van der Waals surface area (Å²) in [6.45, 7) is 3.75. The SMILES string of the molecule is CC(C)Oc1ccccc1Oc1ccc(S(=O)(=O)Nc2ccc(F)cn2)cc1C#N. The number of anilines is 1. The van der Waals surface area contributed by atoms with Gasteiger partial charge < -0.3 is 9.47 Å². The quantitative estimate of drug-likeness (QED) is 0.597. The number of nitrogens with one attached hydrogen (secondary N) is 1. The number of ether oxygens (including phenoxy) is 2. The summed E-state index contributed by atoms with van der Waals surface area (Å²) in [6.07, 6.45) is 0.815. The van der Waals surface area contributed by atoms with Gasteiger partial charge in [0.1, 0.15) is 23.5 Å². The number of halogens is 1. The van der Waals surface area contributed by atoms with Gasteiger partial charge in [-0.15, -0.1) is 0 Å². The third-order valence-electron chi connectivity index (χ3n) is 3.78. The smallest absolute Gasteiger partial charge is 0.263 e. The molecule has 154 valence electrons. The van der Waals surface area contributed by atoms with E-state index in [1.54, 1.807) is 24.3 Å². The Hall–Kier alpha value is -3.64. The second-order valence-electron chi connectivity index (χ2n) is 6.45. The molecule has 9 heteroatoms.